The van der Waals surface area contributed by atoms with Crippen LogP contribution in [0.1, 0.15) is 45.0 Å². The van der Waals surface area contributed by atoms with E-state index in [0.29, 0.717) is 0 Å². The van der Waals surface area contributed by atoms with Gasteiger partial charge in [-0.25, -0.2) is 9.97 Å². The first-order chi connectivity index (χ1) is 25.9. The fourth-order valence-corrected chi connectivity index (χ4v) is 9.37. The summed E-state index contributed by atoms with van der Waals surface area (Å²) in [5.74, 6) is 2.77. The maximum absolute atomic E-state index is 5.78. The summed E-state index contributed by atoms with van der Waals surface area (Å²) in [7, 11) is 0. The third-order valence-electron chi connectivity index (χ3n) is 9.86. The highest BCUT2D eigenvalue weighted by Crippen LogP contribution is 2.43. The van der Waals surface area contributed by atoms with Gasteiger partial charge in [0.15, 0.2) is 0 Å². The Kier molecular flexibility index (Phi) is 8.32. The molecule has 4 heteroatoms. The molecule has 8 bridgehead atoms. The normalized spacial score (nSPS) is 11.9. The third kappa shape index (κ3) is 6.15. The summed E-state index contributed by atoms with van der Waals surface area (Å²) in [4.78, 5) is 10.9. The number of nitrogens with zero attached hydrogens (tertiary/aromatic N) is 2. The molecule has 0 aliphatic carbocycles. The standard InChI is InChI=1S/C49H34N2S2/c1-5-33-12-20-37(21-13-33)49-41-25-24-40(51-41)48(36-18-10-32(4)11-19-36)43-27-26-42(52-43)46(34-14-6-30(2)7-15-34)38-22-23-39(50-38)47(44-28-29-45(49)53-44)35-16-8-31(3)9-17-35/h1,6-29H,2-4H3. The second-order valence-corrected chi connectivity index (χ2v) is 15.7. The van der Waals surface area contributed by atoms with E-state index in [1.54, 1.807) is 22.7 Å². The molecule has 2 nitrogen and oxygen atoms in total. The Labute approximate surface area is 318 Å². The number of terminal acetylenes is 1. The lowest BCUT2D eigenvalue weighted by Gasteiger charge is -2.07. The van der Waals surface area contributed by atoms with Crippen molar-refractivity contribution in [3.05, 3.63) is 166 Å². The van der Waals surface area contributed by atoms with Crippen molar-refractivity contribution in [3.63, 3.8) is 0 Å². The summed E-state index contributed by atoms with van der Waals surface area (Å²) in [5, 5.41) is 0. The highest BCUT2D eigenvalue weighted by atomic mass is 32.1. The van der Waals surface area contributed by atoms with Gasteiger partial charge in [-0.3, -0.25) is 0 Å². The zero-order chi connectivity index (χ0) is 36.1. The highest BCUT2D eigenvalue weighted by Gasteiger charge is 2.19. The van der Waals surface area contributed by atoms with Crippen molar-refractivity contribution in [3.8, 4) is 56.9 Å². The molecular formula is C49H34N2S2. The smallest absolute Gasteiger partial charge is 0.0730 e. The molecule has 0 radical (unpaired) electrons. The van der Waals surface area contributed by atoms with Gasteiger partial charge in [0.25, 0.3) is 0 Å². The predicted molar refractivity (Wildman–Crippen MR) is 230 cm³/mol. The van der Waals surface area contributed by atoms with Crippen molar-refractivity contribution in [2.24, 2.45) is 0 Å². The van der Waals surface area contributed by atoms with Gasteiger partial charge < -0.3 is 0 Å². The number of hydrogen-bond acceptors (Lipinski definition) is 4. The molecule has 0 amide bonds. The molecule has 53 heavy (non-hydrogen) atoms. The Morgan fingerprint density at radius 2 is 0.642 bits per heavy atom. The minimum absolute atomic E-state index is 0.851. The van der Waals surface area contributed by atoms with Crippen LogP contribution in [-0.2, 0) is 0 Å². The molecule has 0 saturated carbocycles. The number of aryl methyl sites for hydroxylation is 3. The lowest BCUT2D eigenvalue weighted by atomic mass is 10.0. The van der Waals surface area contributed by atoms with Gasteiger partial charge in [0.05, 0.1) is 22.8 Å². The van der Waals surface area contributed by atoms with Gasteiger partial charge in [-0.2, -0.15) is 0 Å². The third-order valence-corrected chi connectivity index (χ3v) is 12.1. The molecule has 7 aromatic rings. The van der Waals surface area contributed by atoms with Crippen LogP contribution in [-0.4, -0.2) is 9.97 Å². The second kappa shape index (κ2) is 13.5. The maximum Gasteiger partial charge on any atom is 0.0730 e. The number of aromatic nitrogens is 2. The molecule has 2 aliphatic rings. The molecule has 2 aliphatic heterocycles. The summed E-state index contributed by atoms with van der Waals surface area (Å²) in [6.45, 7) is 6.39. The summed E-state index contributed by atoms with van der Waals surface area (Å²) in [6.07, 6.45) is 14.5. The van der Waals surface area contributed by atoms with Crippen molar-refractivity contribution >= 4 is 65.8 Å². The molecule has 0 fully saturated rings. The molecule has 0 saturated heterocycles. The Morgan fingerprint density at radius 1 is 0.377 bits per heavy atom. The van der Waals surface area contributed by atoms with Crippen LogP contribution in [0.4, 0.5) is 0 Å². The molecule has 3 aromatic heterocycles. The lowest BCUT2D eigenvalue weighted by Crippen LogP contribution is -1.87. The van der Waals surface area contributed by atoms with Gasteiger partial charge in [-0.15, -0.1) is 29.1 Å². The van der Waals surface area contributed by atoms with Crippen LogP contribution >= 0.6 is 22.7 Å². The Hall–Kier alpha value is -6.12. The van der Waals surface area contributed by atoms with Crippen LogP contribution in [0.2, 0.25) is 0 Å². The zero-order valence-electron chi connectivity index (χ0n) is 29.6. The van der Waals surface area contributed by atoms with E-state index < -0.39 is 0 Å². The Morgan fingerprint density at radius 3 is 0.906 bits per heavy atom. The van der Waals surface area contributed by atoms with Crippen LogP contribution in [0.25, 0.3) is 87.6 Å². The molecule has 0 atom stereocenters. The fourth-order valence-electron chi connectivity index (χ4n) is 7.05. The minimum atomic E-state index is 0.851. The number of fused-ring (bicyclic) bond motifs is 8. The second-order valence-electron chi connectivity index (χ2n) is 13.6. The van der Waals surface area contributed by atoms with E-state index >= 15 is 0 Å². The van der Waals surface area contributed by atoms with Gasteiger partial charge in [-0.1, -0.05) is 108 Å². The summed E-state index contributed by atoms with van der Waals surface area (Å²) < 4.78 is 4.59. The van der Waals surface area contributed by atoms with E-state index in [-0.39, 0.29) is 0 Å². The average molecular weight is 715 g/mol. The van der Waals surface area contributed by atoms with Crippen molar-refractivity contribution < 1.29 is 0 Å². The molecule has 0 N–H and O–H groups in total. The maximum atomic E-state index is 5.78. The van der Waals surface area contributed by atoms with Crippen LogP contribution in [0, 0.1) is 33.1 Å². The van der Waals surface area contributed by atoms with Gasteiger partial charge in [0, 0.05) is 46.6 Å². The van der Waals surface area contributed by atoms with Gasteiger partial charge in [-0.05, 0) is 104 Å². The van der Waals surface area contributed by atoms with Crippen molar-refractivity contribution in [1.82, 2.24) is 9.97 Å². The van der Waals surface area contributed by atoms with Crippen LogP contribution in [0.3, 0.4) is 0 Å². The SMILES string of the molecule is C#Cc1ccc(-c2c3nc(c(-c4ccc(C)cc4)c4ccc(s4)c(-c4ccc(C)cc4)c4nc(c(-c5ccc(C)cc5)c5ccc2s5)C=C4)C=C3)cc1. The quantitative estimate of drug-likeness (QED) is 0.170. The predicted octanol–water partition coefficient (Wildman–Crippen LogP) is 13.7. The molecule has 4 aromatic carbocycles. The zero-order valence-corrected chi connectivity index (χ0v) is 31.3. The first-order valence-corrected chi connectivity index (χ1v) is 19.3. The van der Waals surface area contributed by atoms with E-state index in [1.807, 2.05) is 12.1 Å². The van der Waals surface area contributed by atoms with Gasteiger partial charge in [0.2, 0.25) is 0 Å². The average Bonchev–Trinajstić information content (AvgIpc) is 4.02. The van der Waals surface area contributed by atoms with Crippen molar-refractivity contribution in [2.45, 2.75) is 20.8 Å². The number of hydrogen-bond donors (Lipinski definition) is 0. The van der Waals surface area contributed by atoms with E-state index in [0.717, 1.165) is 91.6 Å². The summed E-state index contributed by atoms with van der Waals surface area (Å²) in [5.41, 5.74) is 17.2. The lowest BCUT2D eigenvalue weighted by molar-refractivity contribution is 1.33. The highest BCUT2D eigenvalue weighted by molar-refractivity contribution is 7.24. The van der Waals surface area contributed by atoms with Crippen molar-refractivity contribution in [1.29, 1.82) is 0 Å². The molecule has 252 valence electrons. The molecule has 0 unspecified atom stereocenters. The summed E-state index contributed by atoms with van der Waals surface area (Å²) in [6, 6.07) is 43.6. The van der Waals surface area contributed by atoms with E-state index in [4.69, 9.17) is 16.4 Å². The van der Waals surface area contributed by atoms with Crippen LogP contribution in [0.5, 0.6) is 0 Å². The number of thiophene rings is 2. The summed E-state index contributed by atoms with van der Waals surface area (Å²) >= 11 is 3.56. The Balaban J connectivity index is 1.46. The first kappa shape index (κ1) is 32.8. The number of benzene rings is 4. The first-order valence-electron chi connectivity index (χ1n) is 17.7. The molecule has 5 heterocycles. The van der Waals surface area contributed by atoms with Gasteiger partial charge >= 0.3 is 0 Å². The van der Waals surface area contributed by atoms with Crippen molar-refractivity contribution in [2.75, 3.05) is 0 Å². The number of rotatable bonds is 4. The topological polar surface area (TPSA) is 25.8 Å². The monoisotopic (exact) mass is 714 g/mol. The minimum Gasteiger partial charge on any atom is -0.248 e. The van der Waals surface area contributed by atoms with Gasteiger partial charge in [0.1, 0.15) is 0 Å². The van der Waals surface area contributed by atoms with E-state index in [1.165, 1.54) is 16.7 Å². The largest absolute Gasteiger partial charge is 0.248 e. The fraction of sp³-hybridized carbons (Fsp3) is 0.0612. The van der Waals surface area contributed by atoms with E-state index in [2.05, 4.69) is 160 Å². The molecule has 0 spiro atoms. The molecular weight excluding hydrogens is 681 g/mol. The van der Waals surface area contributed by atoms with E-state index in [9.17, 15) is 0 Å². The molecule has 9 rings (SSSR count). The Bertz CT molecular complexity index is 2780. The van der Waals surface area contributed by atoms with Crippen LogP contribution in [0.15, 0.2) is 121 Å². The van der Waals surface area contributed by atoms with Crippen LogP contribution < -0.4 is 0 Å².